The molecular formula is C19H20BrN3O3S. The molecule has 0 spiro atoms. The Balaban J connectivity index is 1.54. The largest absolute Gasteiger partial charge is 0.497 e. The Kier molecular flexibility index (Phi) is 6.76. The number of aliphatic hydroxyl groups is 1. The number of nitrogens with zero attached hydrogens (tertiary/aromatic N) is 3. The number of hydrogen-bond donors (Lipinski definition) is 1. The number of rotatable bonds is 8. The molecule has 0 bridgehead atoms. The third-order valence-corrected chi connectivity index (χ3v) is 5.54. The van der Waals surface area contributed by atoms with Crippen molar-refractivity contribution in [3.8, 4) is 22.9 Å². The van der Waals surface area contributed by atoms with Crippen LogP contribution in [0.4, 0.5) is 0 Å². The van der Waals surface area contributed by atoms with Gasteiger partial charge in [-0.15, -0.1) is 10.2 Å². The first-order valence-electron chi connectivity index (χ1n) is 8.30. The molecule has 8 heteroatoms. The molecule has 0 amide bonds. The summed E-state index contributed by atoms with van der Waals surface area (Å²) in [5.74, 6) is 2.75. The van der Waals surface area contributed by atoms with Crippen molar-refractivity contribution in [2.24, 2.45) is 7.05 Å². The maximum atomic E-state index is 10.2. The molecule has 1 aromatic heterocycles. The van der Waals surface area contributed by atoms with Gasteiger partial charge in [0, 0.05) is 22.8 Å². The van der Waals surface area contributed by atoms with Crippen LogP contribution in [0.25, 0.3) is 11.4 Å². The molecule has 0 unspecified atom stereocenters. The van der Waals surface area contributed by atoms with Gasteiger partial charge in [0.25, 0.3) is 0 Å². The van der Waals surface area contributed by atoms with Gasteiger partial charge in [-0.05, 0) is 48.5 Å². The van der Waals surface area contributed by atoms with Gasteiger partial charge in [-0.1, -0.05) is 27.7 Å². The fraction of sp³-hybridized carbons (Fsp3) is 0.263. The van der Waals surface area contributed by atoms with E-state index in [4.69, 9.17) is 9.47 Å². The van der Waals surface area contributed by atoms with E-state index in [0.717, 1.165) is 32.5 Å². The molecule has 6 nitrogen and oxygen atoms in total. The lowest BCUT2D eigenvalue weighted by Gasteiger charge is -2.12. The lowest BCUT2D eigenvalue weighted by atomic mass is 10.2. The van der Waals surface area contributed by atoms with Crippen molar-refractivity contribution < 1.29 is 14.6 Å². The van der Waals surface area contributed by atoms with Crippen molar-refractivity contribution in [1.82, 2.24) is 14.8 Å². The molecule has 3 aromatic rings. The monoisotopic (exact) mass is 449 g/mol. The molecule has 0 saturated carbocycles. The summed E-state index contributed by atoms with van der Waals surface area (Å²) < 4.78 is 13.7. The molecule has 1 heterocycles. The molecule has 0 saturated heterocycles. The van der Waals surface area contributed by atoms with Crippen LogP contribution in [-0.2, 0) is 7.05 Å². The summed E-state index contributed by atoms with van der Waals surface area (Å²) in [5.41, 5.74) is 0.955. The van der Waals surface area contributed by atoms with E-state index in [1.807, 2.05) is 60.1 Å². The molecule has 2 aromatic carbocycles. The minimum absolute atomic E-state index is 0.220. The predicted molar refractivity (Wildman–Crippen MR) is 109 cm³/mol. The zero-order valence-electron chi connectivity index (χ0n) is 15.0. The normalized spacial score (nSPS) is 12.0. The van der Waals surface area contributed by atoms with Crippen LogP contribution in [0.2, 0.25) is 0 Å². The highest BCUT2D eigenvalue weighted by Gasteiger charge is 2.14. The highest BCUT2D eigenvalue weighted by molar-refractivity contribution is 9.10. The average molecular weight is 450 g/mol. The smallest absolute Gasteiger partial charge is 0.191 e. The molecule has 142 valence electrons. The number of thioether (sulfide) groups is 1. The number of ether oxygens (including phenoxy) is 2. The minimum atomic E-state index is -0.611. The van der Waals surface area contributed by atoms with E-state index in [9.17, 15) is 5.11 Å². The summed E-state index contributed by atoms with van der Waals surface area (Å²) >= 11 is 4.82. The molecule has 0 fully saturated rings. The van der Waals surface area contributed by atoms with Crippen LogP contribution < -0.4 is 9.47 Å². The van der Waals surface area contributed by atoms with E-state index in [1.165, 1.54) is 11.8 Å². The van der Waals surface area contributed by atoms with Crippen molar-refractivity contribution in [3.63, 3.8) is 0 Å². The van der Waals surface area contributed by atoms with Gasteiger partial charge < -0.3 is 19.1 Å². The van der Waals surface area contributed by atoms with Gasteiger partial charge in [-0.2, -0.15) is 0 Å². The third kappa shape index (κ3) is 5.24. The van der Waals surface area contributed by atoms with Crippen LogP contribution in [0.1, 0.15) is 0 Å². The van der Waals surface area contributed by atoms with Gasteiger partial charge in [-0.3, -0.25) is 0 Å². The molecule has 27 heavy (non-hydrogen) atoms. The first-order chi connectivity index (χ1) is 13.1. The Labute approximate surface area is 170 Å². The van der Waals surface area contributed by atoms with Crippen LogP contribution in [0.5, 0.6) is 11.5 Å². The highest BCUT2D eigenvalue weighted by atomic mass is 79.9. The van der Waals surface area contributed by atoms with E-state index < -0.39 is 6.10 Å². The maximum Gasteiger partial charge on any atom is 0.191 e. The molecule has 0 aliphatic rings. The topological polar surface area (TPSA) is 69.4 Å². The number of benzene rings is 2. The molecule has 1 N–H and O–H groups in total. The fourth-order valence-electron chi connectivity index (χ4n) is 2.37. The Bertz CT molecular complexity index is 869. The zero-order valence-corrected chi connectivity index (χ0v) is 17.4. The summed E-state index contributed by atoms with van der Waals surface area (Å²) in [4.78, 5) is 0. The van der Waals surface area contributed by atoms with Crippen molar-refractivity contribution in [3.05, 3.63) is 53.0 Å². The lowest BCUT2D eigenvalue weighted by Crippen LogP contribution is -2.20. The van der Waals surface area contributed by atoms with Crippen LogP contribution in [0.15, 0.2) is 58.2 Å². The summed E-state index contributed by atoms with van der Waals surface area (Å²) in [5, 5.41) is 19.4. The first kappa shape index (κ1) is 19.7. The van der Waals surface area contributed by atoms with Gasteiger partial charge in [0.15, 0.2) is 11.0 Å². The molecule has 1 atom stereocenters. The number of methoxy groups -OCH3 is 1. The first-order valence-corrected chi connectivity index (χ1v) is 10.1. The van der Waals surface area contributed by atoms with Gasteiger partial charge >= 0.3 is 0 Å². The highest BCUT2D eigenvalue weighted by Crippen LogP contribution is 2.25. The maximum absolute atomic E-state index is 10.2. The van der Waals surface area contributed by atoms with Gasteiger partial charge in [0.2, 0.25) is 0 Å². The van der Waals surface area contributed by atoms with Gasteiger partial charge in [-0.25, -0.2) is 0 Å². The molecular weight excluding hydrogens is 430 g/mol. The summed E-state index contributed by atoms with van der Waals surface area (Å²) in [7, 11) is 3.55. The zero-order chi connectivity index (χ0) is 19.2. The Morgan fingerprint density at radius 3 is 2.41 bits per heavy atom. The van der Waals surface area contributed by atoms with Crippen LogP contribution in [0, 0.1) is 0 Å². The minimum Gasteiger partial charge on any atom is -0.497 e. The Morgan fingerprint density at radius 2 is 1.74 bits per heavy atom. The van der Waals surface area contributed by atoms with Crippen molar-refractivity contribution in [1.29, 1.82) is 0 Å². The van der Waals surface area contributed by atoms with Crippen molar-refractivity contribution in [2.45, 2.75) is 11.3 Å². The van der Waals surface area contributed by atoms with E-state index in [2.05, 4.69) is 26.1 Å². The molecule has 3 rings (SSSR count). The number of aromatic nitrogens is 3. The van der Waals surface area contributed by atoms with Crippen molar-refractivity contribution >= 4 is 27.7 Å². The number of halogens is 1. The average Bonchev–Trinajstić information content (AvgIpc) is 3.06. The van der Waals surface area contributed by atoms with E-state index >= 15 is 0 Å². The lowest BCUT2D eigenvalue weighted by molar-refractivity contribution is 0.126. The second kappa shape index (κ2) is 9.25. The Hall–Kier alpha value is -2.03. The van der Waals surface area contributed by atoms with E-state index in [1.54, 1.807) is 7.11 Å². The standard InChI is InChI=1S/C19H20BrN3O3S/c1-23-18(13-3-7-16(25-2)8-4-13)21-22-19(23)27-12-15(24)11-26-17-9-5-14(20)6-10-17/h3-10,15,24H,11-12H2,1-2H3/t15-/m0/s1. The second-order valence-corrected chi connectivity index (χ2v) is 7.73. The number of hydrogen-bond acceptors (Lipinski definition) is 6. The fourth-order valence-corrected chi connectivity index (χ4v) is 3.45. The van der Waals surface area contributed by atoms with Crippen molar-refractivity contribution in [2.75, 3.05) is 19.5 Å². The summed E-state index contributed by atoms with van der Waals surface area (Å²) in [6, 6.07) is 15.2. The SMILES string of the molecule is COc1ccc(-c2nnc(SC[C@@H](O)COc3ccc(Br)cc3)n2C)cc1. The van der Waals surface area contributed by atoms with E-state index in [0.29, 0.717) is 5.75 Å². The summed E-state index contributed by atoms with van der Waals surface area (Å²) in [6.07, 6.45) is -0.611. The van der Waals surface area contributed by atoms with Crippen LogP contribution >= 0.6 is 27.7 Å². The molecule has 0 aliphatic heterocycles. The molecule has 0 radical (unpaired) electrons. The Morgan fingerprint density at radius 1 is 1.07 bits per heavy atom. The second-order valence-electron chi connectivity index (χ2n) is 5.82. The van der Waals surface area contributed by atoms with Crippen LogP contribution in [0.3, 0.4) is 0 Å². The quantitative estimate of drug-likeness (QED) is 0.527. The van der Waals surface area contributed by atoms with Crippen LogP contribution in [-0.4, -0.2) is 45.4 Å². The van der Waals surface area contributed by atoms with E-state index in [-0.39, 0.29) is 6.61 Å². The number of aliphatic hydroxyl groups excluding tert-OH is 1. The van der Waals surface area contributed by atoms with Gasteiger partial charge in [0.05, 0.1) is 13.2 Å². The summed E-state index contributed by atoms with van der Waals surface area (Å²) in [6.45, 7) is 0.220. The predicted octanol–water partition coefficient (Wildman–Crippen LogP) is 3.79. The third-order valence-electron chi connectivity index (χ3n) is 3.84. The van der Waals surface area contributed by atoms with Gasteiger partial charge in [0.1, 0.15) is 18.1 Å². The molecule has 0 aliphatic carbocycles.